The Hall–Kier alpha value is -4.48. The molecule has 1 aliphatic heterocycles. The lowest BCUT2D eigenvalue weighted by Gasteiger charge is -2.14. The molecule has 1 aliphatic rings. The van der Waals surface area contributed by atoms with Crippen molar-refractivity contribution < 1.29 is 23.5 Å². The molecule has 0 saturated carbocycles. The number of amides is 3. The van der Waals surface area contributed by atoms with E-state index in [9.17, 15) is 18.8 Å². The van der Waals surface area contributed by atoms with E-state index in [1.807, 2.05) is 0 Å². The number of hydrogen-bond donors (Lipinski definition) is 3. The van der Waals surface area contributed by atoms with Crippen molar-refractivity contribution >= 4 is 35.2 Å². The molecule has 1 fully saturated rings. The second kappa shape index (κ2) is 8.94. The number of carbonyl (C=O) groups is 3. The number of aromatic nitrogens is 3. The summed E-state index contributed by atoms with van der Waals surface area (Å²) in [5.74, 6) is -0.887. The number of rotatable bonds is 6. The highest BCUT2D eigenvalue weighted by Gasteiger charge is 2.32. The summed E-state index contributed by atoms with van der Waals surface area (Å²) >= 11 is 0. The molecule has 33 heavy (non-hydrogen) atoms. The average Bonchev–Trinajstić information content (AvgIpc) is 3.39. The number of nitrogens with two attached hydrogens (primary N) is 1. The molecule has 0 aliphatic carbocycles. The fraction of sp³-hybridized carbons (Fsp3) is 0.190. The average molecular weight is 453 g/mol. The summed E-state index contributed by atoms with van der Waals surface area (Å²) in [5.41, 5.74) is 6.08. The van der Waals surface area contributed by atoms with E-state index in [1.165, 1.54) is 41.0 Å². The maximum atomic E-state index is 14.9. The molecule has 0 bridgehead atoms. The van der Waals surface area contributed by atoms with E-state index in [4.69, 9.17) is 10.5 Å². The van der Waals surface area contributed by atoms with E-state index in [-0.39, 0.29) is 42.0 Å². The summed E-state index contributed by atoms with van der Waals surface area (Å²) < 4.78 is 21.4. The summed E-state index contributed by atoms with van der Waals surface area (Å²) in [6, 6.07) is 9.01. The first-order valence-electron chi connectivity index (χ1n) is 9.90. The molecule has 4 N–H and O–H groups in total. The Labute approximate surface area is 187 Å². The van der Waals surface area contributed by atoms with E-state index in [0.29, 0.717) is 5.69 Å². The minimum absolute atomic E-state index is 0.0478. The maximum Gasteiger partial charge on any atom is 0.414 e. The number of nitrogens with one attached hydrogen (secondary N) is 2. The van der Waals surface area contributed by atoms with E-state index in [0.717, 1.165) is 0 Å². The van der Waals surface area contributed by atoms with Crippen molar-refractivity contribution in [3.8, 4) is 5.69 Å². The molecule has 3 aromatic rings. The lowest BCUT2D eigenvalue weighted by molar-refractivity contribution is -0.119. The van der Waals surface area contributed by atoms with Gasteiger partial charge in [0.05, 0.1) is 24.5 Å². The van der Waals surface area contributed by atoms with Crippen LogP contribution in [-0.2, 0) is 9.53 Å². The van der Waals surface area contributed by atoms with Gasteiger partial charge in [-0.25, -0.2) is 19.2 Å². The number of nitrogen functional groups attached to an aromatic ring is 1. The van der Waals surface area contributed by atoms with Gasteiger partial charge in [-0.05, 0) is 30.3 Å². The van der Waals surface area contributed by atoms with Crippen LogP contribution in [0.5, 0.6) is 0 Å². The molecular weight excluding hydrogens is 433 g/mol. The van der Waals surface area contributed by atoms with Gasteiger partial charge in [-0.15, -0.1) is 0 Å². The first-order valence-corrected chi connectivity index (χ1v) is 9.90. The predicted molar refractivity (Wildman–Crippen MR) is 116 cm³/mol. The van der Waals surface area contributed by atoms with Crippen LogP contribution in [-0.4, -0.2) is 51.6 Å². The Balaban J connectivity index is 1.46. The van der Waals surface area contributed by atoms with Crippen LogP contribution in [0.4, 0.5) is 26.5 Å². The van der Waals surface area contributed by atoms with Crippen LogP contribution in [0.2, 0.25) is 0 Å². The number of anilines is 3. The van der Waals surface area contributed by atoms with Crippen LogP contribution in [0.15, 0.2) is 48.9 Å². The van der Waals surface area contributed by atoms with E-state index < -0.39 is 23.9 Å². The van der Waals surface area contributed by atoms with Gasteiger partial charge in [-0.2, -0.15) is 0 Å². The molecular formula is C21H20FN7O4. The molecule has 0 spiro atoms. The highest BCUT2D eigenvalue weighted by molar-refractivity contribution is 6.02. The number of imidazole rings is 1. The van der Waals surface area contributed by atoms with Crippen molar-refractivity contribution in [2.24, 2.45) is 0 Å². The normalized spacial score (nSPS) is 15.3. The number of pyridine rings is 1. The van der Waals surface area contributed by atoms with Gasteiger partial charge in [-0.3, -0.25) is 14.5 Å². The third-order valence-electron chi connectivity index (χ3n) is 4.80. The van der Waals surface area contributed by atoms with Crippen LogP contribution in [0, 0.1) is 5.82 Å². The second-order valence-corrected chi connectivity index (χ2v) is 7.26. The number of carbonyl (C=O) groups excluding carboxylic acids is 3. The minimum atomic E-state index is -0.632. The third-order valence-corrected chi connectivity index (χ3v) is 4.80. The maximum absolute atomic E-state index is 14.9. The standard InChI is InChI=1S/C21H20FN7O4/c1-12(30)24-8-14-9-29(21(32)33-14)13-5-6-17(15(22)7-13)28-10-16(25-11-28)20(31)27-19-4-2-3-18(23)26-19/h2-7,10-11,14H,8-9H2,1H3,(H,24,30)(H3,23,26,27,31)/t14-/m0/s1. The van der Waals surface area contributed by atoms with Crippen LogP contribution in [0.25, 0.3) is 5.69 Å². The van der Waals surface area contributed by atoms with E-state index >= 15 is 0 Å². The number of ether oxygens (including phenoxy) is 1. The second-order valence-electron chi connectivity index (χ2n) is 7.26. The highest BCUT2D eigenvalue weighted by atomic mass is 19.1. The molecule has 11 nitrogen and oxygen atoms in total. The molecule has 1 atom stereocenters. The lowest BCUT2D eigenvalue weighted by Crippen LogP contribution is -2.33. The van der Waals surface area contributed by atoms with Gasteiger partial charge in [0.15, 0.2) is 0 Å². The molecule has 0 unspecified atom stereocenters. The summed E-state index contributed by atoms with van der Waals surface area (Å²) in [4.78, 5) is 44.9. The number of benzene rings is 1. The summed E-state index contributed by atoms with van der Waals surface area (Å²) in [6.45, 7) is 1.71. The smallest absolute Gasteiger partial charge is 0.414 e. The number of cyclic esters (lactones) is 1. The third kappa shape index (κ3) is 4.89. The minimum Gasteiger partial charge on any atom is -0.442 e. The Morgan fingerprint density at radius 3 is 2.85 bits per heavy atom. The number of halogens is 1. The van der Waals surface area contributed by atoms with Gasteiger partial charge in [-0.1, -0.05) is 6.07 Å². The first-order chi connectivity index (χ1) is 15.8. The zero-order chi connectivity index (χ0) is 23.5. The molecule has 3 heterocycles. The molecule has 0 radical (unpaired) electrons. The van der Waals surface area contributed by atoms with Gasteiger partial charge in [0.2, 0.25) is 5.91 Å². The summed E-state index contributed by atoms with van der Waals surface area (Å²) in [7, 11) is 0. The van der Waals surface area contributed by atoms with Gasteiger partial charge in [0, 0.05) is 13.1 Å². The molecule has 170 valence electrons. The number of nitrogens with zero attached hydrogens (tertiary/aromatic N) is 4. The Kier molecular flexibility index (Phi) is 5.89. The van der Waals surface area contributed by atoms with Crippen molar-refractivity contribution in [3.63, 3.8) is 0 Å². The molecule has 4 rings (SSSR count). The fourth-order valence-corrected chi connectivity index (χ4v) is 3.24. The Morgan fingerprint density at radius 2 is 2.12 bits per heavy atom. The highest BCUT2D eigenvalue weighted by Crippen LogP contribution is 2.25. The first kappa shape index (κ1) is 21.7. The predicted octanol–water partition coefficient (Wildman–Crippen LogP) is 1.70. The fourth-order valence-electron chi connectivity index (χ4n) is 3.24. The van der Waals surface area contributed by atoms with Crippen molar-refractivity contribution in [3.05, 3.63) is 60.4 Å². The van der Waals surface area contributed by atoms with Crippen LogP contribution < -0.4 is 21.3 Å². The van der Waals surface area contributed by atoms with E-state index in [2.05, 4.69) is 20.6 Å². The van der Waals surface area contributed by atoms with Gasteiger partial charge < -0.3 is 25.7 Å². The summed E-state index contributed by atoms with van der Waals surface area (Å²) in [5, 5.41) is 5.15. The molecule has 1 aromatic carbocycles. The van der Waals surface area contributed by atoms with Crippen LogP contribution in [0.3, 0.4) is 0 Å². The summed E-state index contributed by atoms with van der Waals surface area (Å²) in [6.07, 6.45) is 1.50. The van der Waals surface area contributed by atoms with Crippen LogP contribution >= 0.6 is 0 Å². The topological polar surface area (TPSA) is 144 Å². The molecule has 1 saturated heterocycles. The molecule has 3 amide bonds. The van der Waals surface area contributed by atoms with Crippen molar-refractivity contribution in [1.82, 2.24) is 19.9 Å². The SMILES string of the molecule is CC(=O)NC[C@H]1CN(c2ccc(-n3cnc(C(=O)Nc4cccc(N)n4)c3)c(F)c2)C(=O)O1. The van der Waals surface area contributed by atoms with Crippen LogP contribution in [0.1, 0.15) is 17.4 Å². The van der Waals surface area contributed by atoms with Crippen molar-refractivity contribution in [1.29, 1.82) is 0 Å². The Bertz CT molecular complexity index is 1230. The van der Waals surface area contributed by atoms with Gasteiger partial charge in [0.1, 0.15) is 35.6 Å². The number of hydrogen-bond acceptors (Lipinski definition) is 7. The molecule has 2 aromatic heterocycles. The monoisotopic (exact) mass is 453 g/mol. The molecule has 12 heteroatoms. The quantitative estimate of drug-likeness (QED) is 0.515. The lowest BCUT2D eigenvalue weighted by atomic mass is 10.2. The largest absolute Gasteiger partial charge is 0.442 e. The zero-order valence-electron chi connectivity index (χ0n) is 17.5. The zero-order valence-corrected chi connectivity index (χ0v) is 17.5. The van der Waals surface area contributed by atoms with Crippen molar-refractivity contribution in [2.45, 2.75) is 13.0 Å². The van der Waals surface area contributed by atoms with E-state index in [1.54, 1.807) is 24.3 Å². The van der Waals surface area contributed by atoms with Gasteiger partial charge in [0.25, 0.3) is 5.91 Å². The van der Waals surface area contributed by atoms with Gasteiger partial charge >= 0.3 is 6.09 Å². The Morgan fingerprint density at radius 1 is 1.30 bits per heavy atom. The van der Waals surface area contributed by atoms with Crippen molar-refractivity contribution in [2.75, 3.05) is 29.0 Å².